The molecule has 4 aliphatic heterocycles. The van der Waals surface area contributed by atoms with Crippen LogP contribution in [0.5, 0.6) is 11.5 Å². The summed E-state index contributed by atoms with van der Waals surface area (Å²) in [5.74, 6) is -21.7. The van der Waals surface area contributed by atoms with Crippen LogP contribution in [0.2, 0.25) is 0 Å². The first kappa shape index (κ1) is 94.2. The van der Waals surface area contributed by atoms with Crippen LogP contribution in [-0.2, 0) is 121 Å². The van der Waals surface area contributed by atoms with Gasteiger partial charge in [-0.1, -0.05) is 60.7 Å². The Bertz CT molecular complexity index is 5020. The number of para-hydroxylation sites is 2. The number of H-pyrrole nitrogens is 2. The molecular formula is C85H105N17O24. The molecule has 10 rings (SSSR count). The smallest absolute Gasteiger partial charge is 0.326 e. The average molecular weight is 1750 g/mol. The number of ether oxygens (including phenoxy) is 2. The number of esters is 2. The lowest BCUT2D eigenvalue weighted by atomic mass is 10.0. The van der Waals surface area contributed by atoms with E-state index in [1.807, 2.05) is 0 Å². The quantitative estimate of drug-likeness (QED) is 0.0243. The van der Waals surface area contributed by atoms with E-state index in [0.717, 1.165) is 18.7 Å². The number of fused-ring (bicyclic) bond motifs is 14. The van der Waals surface area contributed by atoms with Gasteiger partial charge in [-0.05, 0) is 143 Å². The number of phenolic OH excluding ortho intramolecular Hbond substituents is 2. The fourth-order valence-electron chi connectivity index (χ4n) is 15.3. The molecule has 4 aliphatic rings. The number of carboxylic acids is 2. The molecule has 41 nitrogen and oxygen atoms in total. The van der Waals surface area contributed by atoms with Crippen molar-refractivity contribution in [1.82, 2.24) is 84.0 Å². The number of carboxylic acid groups (broad SMARTS) is 2. The summed E-state index contributed by atoms with van der Waals surface area (Å²) in [5, 5.41) is 74.6. The summed E-state index contributed by atoms with van der Waals surface area (Å²) in [4.78, 5) is 272. The number of hydrogen-bond acceptors (Lipinski definition) is 23. The highest BCUT2D eigenvalue weighted by atomic mass is 16.5. The van der Waals surface area contributed by atoms with E-state index in [-0.39, 0.29) is 102 Å². The van der Waals surface area contributed by atoms with Crippen molar-refractivity contribution in [3.8, 4) is 11.5 Å². The van der Waals surface area contributed by atoms with Crippen LogP contribution in [0.3, 0.4) is 0 Å². The minimum Gasteiger partial charge on any atom is -0.508 e. The number of phenols is 2. The summed E-state index contributed by atoms with van der Waals surface area (Å²) in [6.07, 6.45) is -6.31. The number of amides is 14. The molecule has 4 fully saturated rings. The molecule has 21 N–H and O–H groups in total. The molecule has 14 atom stereocenters. The van der Waals surface area contributed by atoms with Crippen LogP contribution in [0, 0.1) is 0 Å². The lowest BCUT2D eigenvalue weighted by molar-refractivity contribution is -0.154. The highest BCUT2D eigenvalue weighted by Gasteiger charge is 2.44. The Kier molecular flexibility index (Phi) is 33.6. The minimum absolute atomic E-state index is 0.00602. The highest BCUT2D eigenvalue weighted by molar-refractivity contribution is 6.02. The number of nitrogens with zero attached hydrogens (tertiary/aromatic N) is 1. The average Bonchev–Trinajstić information content (AvgIpc) is 1.66. The Morgan fingerprint density at radius 2 is 1.10 bits per heavy atom. The zero-order valence-electron chi connectivity index (χ0n) is 69.2. The molecule has 0 aliphatic carbocycles. The van der Waals surface area contributed by atoms with E-state index in [1.165, 1.54) is 54.7 Å². The molecular weight excluding hydrogens is 1640 g/mol. The maximum atomic E-state index is 15.7. The SMILES string of the molecule is CC(=O)NC(Cc1ccc(O)cc1)C(=O)NC(CCC(=O)O)C(=O)NC1C(=O)NC(CCCCN)C(=O)NC2CCCCNC(=O)CCC(C(=O)NC(Cc3ccc(O)cc3)C(=O)O)NC(=O)C3CCC(=O)OCC(NC(=O)C4CCCN4C(=O)C(Cc4c[nH]c5ccccc45)NC2=O)C(=O)NC(CC(=O)OC1C)C(=O)NC(Cc1c[nH]c2ccccc12)C(=O)N3. The Morgan fingerprint density at radius 1 is 0.540 bits per heavy atom. The van der Waals surface area contributed by atoms with Gasteiger partial charge in [-0.15, -0.1) is 0 Å². The van der Waals surface area contributed by atoms with Crippen LogP contribution < -0.4 is 74.9 Å². The lowest BCUT2D eigenvalue weighted by Gasteiger charge is -2.31. The molecule has 674 valence electrons. The number of aromatic nitrogens is 2. The minimum atomic E-state index is -2.30. The number of cyclic esters (lactones) is 1. The van der Waals surface area contributed by atoms with Gasteiger partial charge in [0.05, 0.1) is 6.42 Å². The molecule has 0 radical (unpaired) electrons. The molecule has 14 amide bonds. The monoisotopic (exact) mass is 1750 g/mol. The van der Waals surface area contributed by atoms with E-state index < -0.39 is 249 Å². The number of aliphatic carboxylic acids is 2. The predicted molar refractivity (Wildman–Crippen MR) is 445 cm³/mol. The summed E-state index contributed by atoms with van der Waals surface area (Å²) >= 11 is 0. The number of rotatable bonds is 23. The number of nitrogens with two attached hydrogens (primary N) is 1. The zero-order valence-corrected chi connectivity index (χ0v) is 69.2. The van der Waals surface area contributed by atoms with Crippen LogP contribution in [0.15, 0.2) is 109 Å². The maximum Gasteiger partial charge on any atom is 0.326 e. The van der Waals surface area contributed by atoms with Gasteiger partial charge < -0.3 is 120 Å². The number of carbonyl (C=O) groups is 18. The van der Waals surface area contributed by atoms with Crippen LogP contribution in [0.4, 0.5) is 0 Å². The summed E-state index contributed by atoms with van der Waals surface area (Å²) < 4.78 is 11.6. The third kappa shape index (κ3) is 26.7. The number of carbonyl (C=O) groups excluding carboxylic acids is 16. The fourth-order valence-corrected chi connectivity index (χ4v) is 15.3. The van der Waals surface area contributed by atoms with Crippen molar-refractivity contribution in [1.29, 1.82) is 0 Å². The van der Waals surface area contributed by atoms with Crippen molar-refractivity contribution in [2.24, 2.45) is 5.73 Å². The molecule has 4 bridgehead atoms. The second-order valence-corrected chi connectivity index (χ2v) is 31.5. The Labute approximate surface area is 721 Å². The van der Waals surface area contributed by atoms with Gasteiger partial charge in [-0.3, -0.25) is 81.5 Å². The van der Waals surface area contributed by atoms with Gasteiger partial charge in [0.1, 0.15) is 103 Å². The highest BCUT2D eigenvalue weighted by Crippen LogP contribution is 2.26. The first-order chi connectivity index (χ1) is 60.3. The summed E-state index contributed by atoms with van der Waals surface area (Å²) in [6.45, 7) is 0.720. The normalized spacial score (nSPS) is 23.5. The molecule has 126 heavy (non-hydrogen) atoms. The predicted octanol–water partition coefficient (Wildman–Crippen LogP) is -2.01. The van der Waals surface area contributed by atoms with Crippen molar-refractivity contribution in [2.45, 2.75) is 220 Å². The molecule has 6 heterocycles. The van der Waals surface area contributed by atoms with E-state index in [9.17, 15) is 54.0 Å². The van der Waals surface area contributed by atoms with Gasteiger partial charge in [0.2, 0.25) is 82.7 Å². The molecule has 0 spiro atoms. The number of hydrogen-bond donors (Lipinski definition) is 20. The molecule has 4 aromatic carbocycles. The van der Waals surface area contributed by atoms with Crippen LogP contribution in [0.1, 0.15) is 132 Å². The molecule has 41 heteroatoms. The largest absolute Gasteiger partial charge is 0.508 e. The van der Waals surface area contributed by atoms with Gasteiger partial charge in [-0.2, -0.15) is 0 Å². The first-order valence-corrected chi connectivity index (χ1v) is 41.6. The zero-order chi connectivity index (χ0) is 90.8. The Balaban J connectivity index is 1.12. The van der Waals surface area contributed by atoms with Gasteiger partial charge >= 0.3 is 23.9 Å². The Hall–Kier alpha value is -14.0. The van der Waals surface area contributed by atoms with Crippen LogP contribution >= 0.6 is 0 Å². The van der Waals surface area contributed by atoms with Crippen molar-refractivity contribution in [2.75, 3.05) is 26.2 Å². The number of nitrogens with one attached hydrogen (secondary N) is 15. The van der Waals surface area contributed by atoms with Gasteiger partial charge in [0.25, 0.3) is 0 Å². The Morgan fingerprint density at radius 3 is 1.73 bits per heavy atom. The van der Waals surface area contributed by atoms with Crippen molar-refractivity contribution in [3.05, 3.63) is 132 Å². The van der Waals surface area contributed by atoms with Gasteiger partial charge in [-0.25, -0.2) is 4.79 Å². The van der Waals surface area contributed by atoms with Gasteiger partial charge in [0, 0.05) is 99.2 Å². The fraction of sp³-hybridized carbons (Fsp3) is 0.459. The van der Waals surface area contributed by atoms with E-state index in [4.69, 9.17) is 15.2 Å². The second kappa shape index (κ2) is 44.9. The third-order valence-corrected chi connectivity index (χ3v) is 22.1. The van der Waals surface area contributed by atoms with Crippen molar-refractivity contribution in [3.63, 3.8) is 0 Å². The van der Waals surface area contributed by atoms with Crippen molar-refractivity contribution < 1.29 is 116 Å². The topological polar surface area (TPSA) is 624 Å². The molecule has 0 saturated carbocycles. The molecule has 4 saturated heterocycles. The summed E-state index contributed by atoms with van der Waals surface area (Å²) in [5.41, 5.74) is 8.64. The molecule has 2 aromatic heterocycles. The number of unbranched alkanes of at least 4 members (excludes halogenated alkanes) is 1. The third-order valence-electron chi connectivity index (χ3n) is 22.1. The molecule has 14 unspecified atom stereocenters. The lowest BCUT2D eigenvalue weighted by Crippen LogP contribution is -2.62. The second-order valence-electron chi connectivity index (χ2n) is 31.5. The van der Waals surface area contributed by atoms with E-state index >= 15 is 52.7 Å². The summed E-state index contributed by atoms with van der Waals surface area (Å²) in [7, 11) is 0. The standard InChI is InChI=1S/C85H105N17O24/c1-44-72(101-77(115)59(28-31-69(107)108)93-78(116)61(90-45(2)103)36-46-19-23-50(104)24-20-46)83(121)95-57(16-7-9-33-86)73(111)91-56-17-8-10-34-87-68(106)30-27-58(76(114)99-65(85(123)124)37-47-21-25-51(105)26-22-47)92-75(113)60-29-32-70(109)125-43-66(100-82(120)67-18-11-35-102(67)84(122)64(98-74(56)112)39-49-42-89-55-15-6-4-13-53(49)55)81(119)97-63(40-71(110)126-44)80(118)96-62(79(117)94-60)38-48-41-88-54-14-5-3-12-52(48)54/h3-6,12-15,19-26,41-42,44,56-67,72,88-89,104-105H,7-11,16-18,27-40,43,86H2,1-2H3,(H,87,106)(H,90,103)(H,91,111)(H,92,113)(H,93,116)(H,94,117)(H,95,121)(H,96,118)(H,97,119)(H,98,112)(H,99,114)(H,100,120)(H,101,115)(H,107,108)(H,123,124). The van der Waals surface area contributed by atoms with E-state index in [1.54, 1.807) is 54.7 Å². The maximum absolute atomic E-state index is 15.7. The first-order valence-electron chi connectivity index (χ1n) is 41.6. The van der Waals surface area contributed by atoms with Crippen LogP contribution in [-0.4, -0.2) is 253 Å². The van der Waals surface area contributed by atoms with E-state index in [0.29, 0.717) is 44.1 Å². The number of aromatic hydroxyl groups is 2. The van der Waals surface area contributed by atoms with E-state index in [2.05, 4.69) is 79.1 Å². The molecule has 6 aromatic rings. The van der Waals surface area contributed by atoms with Crippen LogP contribution in [0.25, 0.3) is 21.8 Å². The van der Waals surface area contributed by atoms with Gasteiger partial charge in [0.15, 0.2) is 0 Å². The number of benzene rings is 4. The number of aromatic amines is 2. The summed E-state index contributed by atoms with van der Waals surface area (Å²) in [6, 6.07) is 0.467. The van der Waals surface area contributed by atoms with Crippen molar-refractivity contribution >= 4 is 128 Å².